The van der Waals surface area contributed by atoms with E-state index in [0.717, 1.165) is 30.9 Å². The van der Waals surface area contributed by atoms with Crippen molar-refractivity contribution in [2.45, 2.75) is 39.2 Å². The van der Waals surface area contributed by atoms with Crippen molar-refractivity contribution >= 4 is 17.4 Å². The topological polar surface area (TPSA) is 53.2 Å². The second kappa shape index (κ2) is 6.65. The summed E-state index contributed by atoms with van der Waals surface area (Å²) in [4.78, 5) is 12.3. The monoisotopic (exact) mass is 323 g/mol. The van der Waals surface area contributed by atoms with Gasteiger partial charge in [-0.15, -0.1) is 0 Å². The molecule has 0 atom stereocenters. The second-order valence-electron chi connectivity index (χ2n) is 7.32. The van der Waals surface area contributed by atoms with E-state index >= 15 is 0 Å². The highest BCUT2D eigenvalue weighted by molar-refractivity contribution is 5.99. The summed E-state index contributed by atoms with van der Waals surface area (Å²) in [5.41, 5.74) is 5.51. The van der Waals surface area contributed by atoms with Gasteiger partial charge in [-0.3, -0.25) is 0 Å². The van der Waals surface area contributed by atoms with Crippen LogP contribution in [0.15, 0.2) is 42.5 Å². The molecule has 0 unspecified atom stereocenters. The van der Waals surface area contributed by atoms with Gasteiger partial charge in [0.25, 0.3) is 0 Å². The van der Waals surface area contributed by atoms with Gasteiger partial charge in [-0.25, -0.2) is 4.79 Å². The van der Waals surface area contributed by atoms with Crippen molar-refractivity contribution in [2.24, 2.45) is 0 Å². The van der Waals surface area contributed by atoms with Crippen LogP contribution in [0.1, 0.15) is 37.5 Å². The van der Waals surface area contributed by atoms with Crippen molar-refractivity contribution < 1.29 is 4.79 Å². The molecule has 24 heavy (non-hydrogen) atoms. The lowest BCUT2D eigenvalue weighted by Crippen LogP contribution is -2.24. The van der Waals surface area contributed by atoms with E-state index in [9.17, 15) is 4.79 Å². The van der Waals surface area contributed by atoms with E-state index in [1.807, 2.05) is 24.3 Å². The molecule has 4 heteroatoms. The average Bonchev–Trinajstić information content (AvgIpc) is 2.54. The fraction of sp³-hybridized carbons (Fsp3) is 0.350. The Morgan fingerprint density at radius 1 is 1.00 bits per heavy atom. The van der Waals surface area contributed by atoms with Crippen LogP contribution in [0.5, 0.6) is 0 Å². The minimum atomic E-state index is -0.213. The molecule has 0 spiro atoms. The van der Waals surface area contributed by atoms with Crippen LogP contribution in [-0.4, -0.2) is 12.6 Å². The fourth-order valence-electron chi connectivity index (χ4n) is 2.91. The Bertz CT molecular complexity index is 747. The van der Waals surface area contributed by atoms with Gasteiger partial charge in [0.05, 0.1) is 0 Å². The van der Waals surface area contributed by atoms with Gasteiger partial charge in [0.15, 0.2) is 0 Å². The molecule has 2 amide bonds. The average molecular weight is 323 g/mol. The van der Waals surface area contributed by atoms with E-state index in [0.29, 0.717) is 0 Å². The molecule has 2 aromatic carbocycles. The van der Waals surface area contributed by atoms with Crippen LogP contribution in [0, 0.1) is 0 Å². The maximum Gasteiger partial charge on any atom is 0.323 e. The molecule has 1 aliphatic rings. The van der Waals surface area contributed by atoms with Gasteiger partial charge in [-0.2, -0.15) is 0 Å². The Kier molecular flexibility index (Phi) is 4.58. The van der Waals surface area contributed by atoms with Crippen molar-refractivity contribution in [1.29, 1.82) is 0 Å². The van der Waals surface area contributed by atoms with E-state index in [4.69, 9.17) is 0 Å². The predicted octanol–water partition coefficient (Wildman–Crippen LogP) is 4.27. The van der Waals surface area contributed by atoms with Crippen LogP contribution in [0.25, 0.3) is 0 Å². The number of hydrogen-bond acceptors (Lipinski definition) is 2. The zero-order chi connectivity index (χ0) is 17.2. The predicted molar refractivity (Wildman–Crippen MR) is 99.6 cm³/mol. The van der Waals surface area contributed by atoms with Crippen LogP contribution in [0.3, 0.4) is 0 Å². The number of nitrogens with one attached hydrogen (secondary N) is 3. The van der Waals surface area contributed by atoms with Gasteiger partial charge in [0, 0.05) is 17.9 Å². The van der Waals surface area contributed by atoms with Crippen LogP contribution in [-0.2, 0) is 18.4 Å². The zero-order valence-electron chi connectivity index (χ0n) is 14.6. The molecule has 0 aliphatic carbocycles. The van der Waals surface area contributed by atoms with Crippen molar-refractivity contribution in [3.63, 3.8) is 0 Å². The molecule has 0 saturated carbocycles. The molecule has 1 heterocycles. The summed E-state index contributed by atoms with van der Waals surface area (Å²) in [6, 6.07) is 13.9. The molecular weight excluding hydrogens is 298 g/mol. The van der Waals surface area contributed by atoms with E-state index < -0.39 is 0 Å². The Balaban J connectivity index is 1.68. The van der Waals surface area contributed by atoms with Crippen molar-refractivity contribution in [1.82, 2.24) is 5.32 Å². The zero-order valence-corrected chi connectivity index (χ0v) is 14.6. The van der Waals surface area contributed by atoms with Crippen molar-refractivity contribution in [3.8, 4) is 0 Å². The Morgan fingerprint density at radius 2 is 1.75 bits per heavy atom. The van der Waals surface area contributed by atoms with Crippen molar-refractivity contribution in [2.75, 3.05) is 17.2 Å². The lowest BCUT2D eigenvalue weighted by molar-refractivity contribution is 0.262. The summed E-state index contributed by atoms with van der Waals surface area (Å²) < 4.78 is 0. The van der Waals surface area contributed by atoms with Gasteiger partial charge in [0.1, 0.15) is 0 Å². The molecule has 0 saturated heterocycles. The number of benzene rings is 2. The third kappa shape index (κ3) is 3.95. The minimum absolute atomic E-state index is 0.0562. The normalized spacial score (nSPS) is 14.0. The lowest BCUT2D eigenvalue weighted by Gasteiger charge is -2.20. The summed E-state index contributed by atoms with van der Waals surface area (Å²) in [6.45, 7) is 8.38. The smallest absolute Gasteiger partial charge is 0.312 e. The van der Waals surface area contributed by atoms with Crippen LogP contribution in [0.4, 0.5) is 16.2 Å². The molecule has 0 bridgehead atoms. The highest BCUT2D eigenvalue weighted by Gasteiger charge is 2.14. The minimum Gasteiger partial charge on any atom is -0.312 e. The number of rotatable bonds is 2. The molecule has 4 nitrogen and oxygen atoms in total. The Morgan fingerprint density at radius 3 is 2.50 bits per heavy atom. The highest BCUT2D eigenvalue weighted by Crippen LogP contribution is 2.25. The number of urea groups is 1. The van der Waals surface area contributed by atoms with E-state index in [-0.39, 0.29) is 11.4 Å². The standard InChI is InChI=1S/C20H25N3O/c1-20(2,3)16-5-4-6-17(12-16)22-19(24)23-18-8-7-15-13-21-10-9-14(15)11-18/h4-8,11-12,21H,9-10,13H2,1-3H3,(H2,22,23,24). The summed E-state index contributed by atoms with van der Waals surface area (Å²) in [5.74, 6) is 0. The highest BCUT2D eigenvalue weighted by atomic mass is 16.2. The van der Waals surface area contributed by atoms with Gasteiger partial charge >= 0.3 is 6.03 Å². The first-order valence-electron chi connectivity index (χ1n) is 8.43. The second-order valence-corrected chi connectivity index (χ2v) is 7.32. The molecule has 1 aliphatic heterocycles. The summed E-state index contributed by atoms with van der Waals surface area (Å²) >= 11 is 0. The SMILES string of the molecule is CC(C)(C)c1cccc(NC(=O)Nc2ccc3c(c2)CCNC3)c1. The first kappa shape index (κ1) is 16.5. The number of carbonyl (C=O) groups excluding carboxylic acids is 1. The van der Waals surface area contributed by atoms with Gasteiger partial charge in [-0.05, 0) is 59.3 Å². The molecule has 3 N–H and O–H groups in total. The molecule has 3 rings (SSSR count). The number of carbonyl (C=O) groups is 1. The van der Waals surface area contributed by atoms with E-state index in [2.05, 4.69) is 54.9 Å². The van der Waals surface area contributed by atoms with Gasteiger partial charge in [0.2, 0.25) is 0 Å². The largest absolute Gasteiger partial charge is 0.323 e. The Labute approximate surface area is 143 Å². The first-order chi connectivity index (χ1) is 11.4. The maximum absolute atomic E-state index is 12.3. The van der Waals surface area contributed by atoms with E-state index in [1.54, 1.807) is 0 Å². The summed E-state index contributed by atoms with van der Waals surface area (Å²) in [5, 5.41) is 9.20. The number of amides is 2. The third-order valence-electron chi connectivity index (χ3n) is 4.34. The fourth-order valence-corrected chi connectivity index (χ4v) is 2.91. The molecule has 0 radical (unpaired) electrons. The van der Waals surface area contributed by atoms with Crippen LogP contribution >= 0.6 is 0 Å². The molecular formula is C20H25N3O. The van der Waals surface area contributed by atoms with Gasteiger partial charge in [-0.1, -0.05) is 39.0 Å². The number of hydrogen-bond donors (Lipinski definition) is 3. The molecule has 0 aromatic heterocycles. The summed E-state index contributed by atoms with van der Waals surface area (Å²) in [6.07, 6.45) is 1.00. The Hall–Kier alpha value is -2.33. The van der Waals surface area contributed by atoms with Crippen LogP contribution in [0.2, 0.25) is 0 Å². The lowest BCUT2D eigenvalue weighted by atomic mass is 9.87. The summed E-state index contributed by atoms with van der Waals surface area (Å²) in [7, 11) is 0. The molecule has 2 aromatic rings. The first-order valence-corrected chi connectivity index (χ1v) is 8.43. The van der Waals surface area contributed by atoms with Crippen molar-refractivity contribution in [3.05, 3.63) is 59.2 Å². The van der Waals surface area contributed by atoms with Crippen LogP contribution < -0.4 is 16.0 Å². The van der Waals surface area contributed by atoms with E-state index in [1.165, 1.54) is 16.7 Å². The maximum atomic E-state index is 12.3. The number of fused-ring (bicyclic) bond motifs is 1. The molecule has 126 valence electrons. The van der Waals surface area contributed by atoms with Gasteiger partial charge < -0.3 is 16.0 Å². The molecule has 0 fully saturated rings. The third-order valence-corrected chi connectivity index (χ3v) is 4.34. The quantitative estimate of drug-likeness (QED) is 0.773. The number of anilines is 2.